The van der Waals surface area contributed by atoms with Gasteiger partial charge in [0.2, 0.25) is 11.8 Å². The molecule has 9 rings (SSSR count). The highest BCUT2D eigenvalue weighted by atomic mass is 19.1. The molecule has 2 aromatic heterocycles. The molecule has 1 unspecified atom stereocenters. The highest BCUT2D eigenvalue weighted by Crippen LogP contribution is 2.37. The molecule has 4 aromatic rings. The molecule has 0 radical (unpaired) electrons. The summed E-state index contributed by atoms with van der Waals surface area (Å²) < 4.78 is 22.2. The van der Waals surface area contributed by atoms with Gasteiger partial charge >= 0.3 is 0 Å². The molecule has 2 aromatic carbocycles. The molecular weight excluding hydrogens is 782 g/mol. The van der Waals surface area contributed by atoms with E-state index in [0.29, 0.717) is 80.2 Å². The second-order valence-electron chi connectivity index (χ2n) is 16.6. The van der Waals surface area contributed by atoms with E-state index in [1.54, 1.807) is 30.5 Å². The summed E-state index contributed by atoms with van der Waals surface area (Å²) in [6, 6.07) is 13.8. The van der Waals surface area contributed by atoms with Gasteiger partial charge in [-0.2, -0.15) is 5.26 Å². The van der Waals surface area contributed by atoms with Crippen LogP contribution in [0.5, 0.6) is 5.75 Å². The maximum absolute atomic E-state index is 15.8. The average molecular weight is 828 g/mol. The van der Waals surface area contributed by atoms with Crippen molar-refractivity contribution in [2.75, 3.05) is 55.6 Å². The van der Waals surface area contributed by atoms with Crippen LogP contribution < -0.4 is 20.3 Å². The number of amides is 5. The number of primary amides is 1. The Morgan fingerprint density at radius 1 is 0.836 bits per heavy atom. The molecule has 15 nitrogen and oxygen atoms in total. The zero-order valence-corrected chi connectivity index (χ0v) is 33.7. The number of carbonyl (C=O) groups is 5. The Morgan fingerprint density at radius 2 is 1.57 bits per heavy atom. The smallest absolute Gasteiger partial charge is 0.262 e. The molecule has 16 heteroatoms. The van der Waals surface area contributed by atoms with Crippen molar-refractivity contribution < 1.29 is 33.1 Å². The highest BCUT2D eigenvalue weighted by Gasteiger charge is 2.49. The van der Waals surface area contributed by atoms with Crippen molar-refractivity contribution in [3.8, 4) is 11.8 Å². The van der Waals surface area contributed by atoms with E-state index in [2.05, 4.69) is 25.8 Å². The monoisotopic (exact) mass is 827 g/mol. The Morgan fingerprint density at radius 3 is 2.26 bits per heavy atom. The molecule has 61 heavy (non-hydrogen) atoms. The largest absolute Gasteiger partial charge is 0.490 e. The Kier molecular flexibility index (Phi) is 10.8. The number of nitriles is 1. The van der Waals surface area contributed by atoms with Crippen molar-refractivity contribution in [3.63, 3.8) is 0 Å². The molecule has 4 fully saturated rings. The molecule has 1 saturated carbocycles. The number of piperazine rings is 1. The number of piperidine rings is 2. The van der Waals surface area contributed by atoms with Crippen LogP contribution in [0, 0.1) is 23.1 Å². The summed E-state index contributed by atoms with van der Waals surface area (Å²) in [5.74, 6) is -1.47. The second-order valence-corrected chi connectivity index (χ2v) is 16.6. The van der Waals surface area contributed by atoms with E-state index in [-0.39, 0.29) is 41.7 Å². The van der Waals surface area contributed by atoms with E-state index in [1.165, 1.54) is 17.2 Å². The maximum Gasteiger partial charge on any atom is 0.262 e. The van der Waals surface area contributed by atoms with Crippen LogP contribution in [0.1, 0.15) is 88.0 Å². The number of ether oxygens (including phenoxy) is 1. The van der Waals surface area contributed by atoms with Crippen LogP contribution in [-0.4, -0.2) is 118 Å². The van der Waals surface area contributed by atoms with Crippen LogP contribution in [0.3, 0.4) is 0 Å². The Hall–Kier alpha value is -6.47. The highest BCUT2D eigenvalue weighted by molar-refractivity contribution is 6.23. The number of halogens is 1. The van der Waals surface area contributed by atoms with Crippen LogP contribution in [-0.2, 0) is 9.59 Å². The van der Waals surface area contributed by atoms with Crippen LogP contribution in [0.2, 0.25) is 0 Å². The molecular formula is C45H46FN9O6. The number of anilines is 2. The fourth-order valence-electron chi connectivity index (χ4n) is 9.74. The Balaban J connectivity index is 0.797. The van der Waals surface area contributed by atoms with E-state index in [4.69, 9.17) is 10.5 Å². The number of benzene rings is 2. The Labute approximate surface area is 351 Å². The van der Waals surface area contributed by atoms with Crippen molar-refractivity contribution in [2.45, 2.75) is 69.6 Å². The van der Waals surface area contributed by atoms with Crippen LogP contribution in [0.4, 0.5) is 15.9 Å². The van der Waals surface area contributed by atoms with Crippen molar-refractivity contribution >= 4 is 51.9 Å². The van der Waals surface area contributed by atoms with E-state index in [9.17, 15) is 29.2 Å². The lowest BCUT2D eigenvalue weighted by molar-refractivity contribution is -0.155. The third-order valence-corrected chi connectivity index (χ3v) is 13.1. The zero-order chi connectivity index (χ0) is 42.4. The summed E-state index contributed by atoms with van der Waals surface area (Å²) >= 11 is 0. The Bertz CT molecular complexity index is 2450. The number of nitrogens with zero attached hydrogens (tertiary/aromatic N) is 8. The number of hydrogen-bond acceptors (Lipinski definition) is 12. The van der Waals surface area contributed by atoms with Crippen LogP contribution in [0.25, 0.3) is 10.9 Å². The van der Waals surface area contributed by atoms with Gasteiger partial charge in [0.1, 0.15) is 29.5 Å². The summed E-state index contributed by atoms with van der Waals surface area (Å²) in [5.41, 5.74) is 6.98. The lowest BCUT2D eigenvalue weighted by atomic mass is 9.89. The van der Waals surface area contributed by atoms with Crippen molar-refractivity contribution in [2.24, 2.45) is 11.7 Å². The van der Waals surface area contributed by atoms with E-state index >= 15 is 4.39 Å². The number of rotatable bonds is 9. The zero-order valence-electron chi connectivity index (χ0n) is 33.7. The number of aromatic nitrogens is 2. The van der Waals surface area contributed by atoms with E-state index in [0.717, 1.165) is 54.6 Å². The SMILES string of the molecule is N#Cc1ccc(OC2CCC(N3C(=O)CCC(N4C(=O)c5cc(F)c(N6CCN(CC7CCN(c8ccc(C(N)=O)cn8)CC7)CC6)cc5C4=O)C3=O)CC2)c2cccnc12. The number of imide groups is 2. The maximum atomic E-state index is 15.8. The summed E-state index contributed by atoms with van der Waals surface area (Å²) in [4.78, 5) is 84.0. The first-order valence-electron chi connectivity index (χ1n) is 21.1. The van der Waals surface area contributed by atoms with E-state index < -0.39 is 41.5 Å². The summed E-state index contributed by atoms with van der Waals surface area (Å²) in [7, 11) is 0. The standard InChI is InChI=1S/C45H46FN9O6/c46-35-22-33-34(23-37(35)52-20-18-51(19-21-52)26-27-13-16-53(17-14-27)39-11-4-29(25-50-39)42(48)57)44(59)55(43(33)58)36-9-12-40(56)54(45(36)60)30-5-7-31(8-6-30)61-38-10-3-28(24-47)41-32(38)2-1-15-49-41/h1-4,10-11,15,22-23,25,27,30-31,36H,5-9,12-14,16-21,26H2,(H2,48,57). The second kappa shape index (κ2) is 16.5. The molecule has 5 amide bonds. The number of likely N-dealkylation sites (tertiary alicyclic amines) is 1. The number of fused-ring (bicyclic) bond motifs is 2. The average Bonchev–Trinajstić information content (AvgIpc) is 3.51. The molecule has 1 aliphatic carbocycles. The summed E-state index contributed by atoms with van der Waals surface area (Å²) in [6.45, 7) is 5.14. The molecule has 0 bridgehead atoms. The van der Waals surface area contributed by atoms with Crippen LogP contribution >= 0.6 is 0 Å². The molecule has 1 atom stereocenters. The first-order valence-corrected chi connectivity index (χ1v) is 21.1. The predicted octanol–water partition coefficient (Wildman–Crippen LogP) is 4.28. The van der Waals surface area contributed by atoms with Gasteiger partial charge in [-0.05, 0) is 99.4 Å². The van der Waals surface area contributed by atoms with Gasteiger partial charge in [-0.15, -0.1) is 0 Å². The van der Waals surface area contributed by atoms with Gasteiger partial charge in [-0.1, -0.05) is 0 Å². The third-order valence-electron chi connectivity index (χ3n) is 13.1. The normalized spacial score (nSPS) is 22.8. The van der Waals surface area contributed by atoms with Gasteiger partial charge in [0.15, 0.2) is 0 Å². The fraction of sp³-hybridized carbons (Fsp3) is 0.422. The third kappa shape index (κ3) is 7.63. The van der Waals surface area contributed by atoms with Gasteiger partial charge in [-0.3, -0.25) is 43.7 Å². The molecule has 2 N–H and O–H groups in total. The topological polar surface area (TPSA) is 186 Å². The lowest BCUT2D eigenvalue weighted by Gasteiger charge is -2.41. The van der Waals surface area contributed by atoms with Crippen LogP contribution in [0.15, 0.2) is 60.9 Å². The van der Waals surface area contributed by atoms with Gasteiger partial charge in [0, 0.05) is 76.1 Å². The number of carbonyl (C=O) groups excluding carboxylic acids is 5. The molecule has 314 valence electrons. The molecule has 3 saturated heterocycles. The first kappa shape index (κ1) is 40.0. The van der Waals surface area contributed by atoms with Crippen molar-refractivity contribution in [1.82, 2.24) is 24.7 Å². The molecule has 6 heterocycles. The van der Waals surface area contributed by atoms with E-state index in [1.807, 2.05) is 17.0 Å². The van der Waals surface area contributed by atoms with Gasteiger partial charge in [0.05, 0.1) is 39.6 Å². The van der Waals surface area contributed by atoms with Crippen molar-refractivity contribution in [3.05, 3.63) is 89.0 Å². The molecule has 4 aliphatic heterocycles. The minimum absolute atomic E-state index is 0.00310. The van der Waals surface area contributed by atoms with Crippen molar-refractivity contribution in [1.29, 1.82) is 5.26 Å². The molecule has 0 spiro atoms. The summed E-state index contributed by atoms with van der Waals surface area (Å²) in [5, 5.41) is 10.2. The van der Waals surface area contributed by atoms with Gasteiger partial charge < -0.3 is 20.3 Å². The van der Waals surface area contributed by atoms with Gasteiger partial charge in [0.25, 0.3) is 17.7 Å². The lowest BCUT2D eigenvalue weighted by Crippen LogP contribution is -2.59. The minimum atomic E-state index is -1.17. The number of nitrogens with two attached hydrogens (primary N) is 1. The number of hydrogen-bond donors (Lipinski definition) is 1. The van der Waals surface area contributed by atoms with Gasteiger partial charge in [-0.25, -0.2) is 9.37 Å². The quantitative estimate of drug-likeness (QED) is 0.237. The fourth-order valence-corrected chi connectivity index (χ4v) is 9.74. The summed E-state index contributed by atoms with van der Waals surface area (Å²) in [6.07, 6.45) is 7.03. The number of pyridine rings is 2. The predicted molar refractivity (Wildman–Crippen MR) is 221 cm³/mol. The first-order chi connectivity index (χ1) is 29.6. The minimum Gasteiger partial charge on any atom is -0.490 e. The molecule has 5 aliphatic rings.